The van der Waals surface area contributed by atoms with Gasteiger partial charge in [-0.25, -0.2) is 0 Å². The smallest absolute Gasteiger partial charge is 0.307 e. The fourth-order valence-corrected chi connectivity index (χ4v) is 4.52. The third-order valence-corrected chi connectivity index (χ3v) is 6.44. The van der Waals surface area contributed by atoms with Crippen LogP contribution in [0.15, 0.2) is 30.3 Å². The first kappa shape index (κ1) is 27.3. The number of hydrogen-bond acceptors (Lipinski definition) is 5. The molecule has 2 atom stereocenters. The Bertz CT molecular complexity index is 792. The van der Waals surface area contributed by atoms with Gasteiger partial charge in [-0.3, -0.25) is 19.2 Å². The second-order valence-corrected chi connectivity index (χ2v) is 9.09. The number of hydrogen-bond donors (Lipinski definition) is 3. The number of carbonyl (C=O) groups is 4. The van der Waals surface area contributed by atoms with E-state index in [2.05, 4.69) is 15.4 Å². The molecule has 0 bridgehead atoms. The molecule has 1 aromatic rings. The summed E-state index contributed by atoms with van der Waals surface area (Å²) in [6.45, 7) is 0.123. The number of rotatable bonds is 14. The normalized spacial score (nSPS) is 15.7. The molecule has 1 aliphatic rings. The Morgan fingerprint density at radius 3 is 2.41 bits per heavy atom. The van der Waals surface area contributed by atoms with Crippen LogP contribution in [0, 0.1) is 11.8 Å². The van der Waals surface area contributed by atoms with Crippen LogP contribution in [0.2, 0.25) is 0 Å². The van der Waals surface area contributed by atoms with E-state index in [-0.39, 0.29) is 25.3 Å². The lowest BCUT2D eigenvalue weighted by Crippen LogP contribution is -2.50. The van der Waals surface area contributed by atoms with E-state index < -0.39 is 29.8 Å². The molecule has 0 aromatic heterocycles. The van der Waals surface area contributed by atoms with Gasteiger partial charge in [0.15, 0.2) is 0 Å². The van der Waals surface area contributed by atoms with Gasteiger partial charge in [0.1, 0.15) is 6.04 Å². The van der Waals surface area contributed by atoms with E-state index in [9.17, 15) is 24.3 Å². The molecule has 0 unspecified atom stereocenters. The highest BCUT2D eigenvalue weighted by Gasteiger charge is 2.29. The predicted octanol–water partition coefficient (Wildman–Crippen LogP) is 3.23. The second kappa shape index (κ2) is 15.1. The van der Waals surface area contributed by atoms with Crippen LogP contribution in [0.25, 0.3) is 0 Å². The van der Waals surface area contributed by atoms with Gasteiger partial charge in [0, 0.05) is 12.5 Å². The summed E-state index contributed by atoms with van der Waals surface area (Å²) >= 11 is 0. The summed E-state index contributed by atoms with van der Waals surface area (Å²) in [4.78, 5) is 48.7. The van der Waals surface area contributed by atoms with Gasteiger partial charge in [0.25, 0.3) is 0 Å². The molecule has 1 aliphatic carbocycles. The molecule has 0 spiro atoms. The number of carboxylic acids is 1. The number of aliphatic carboxylic acids is 1. The second-order valence-electron chi connectivity index (χ2n) is 9.09. The van der Waals surface area contributed by atoms with E-state index in [1.165, 1.54) is 13.5 Å². The maximum Gasteiger partial charge on any atom is 0.307 e. The van der Waals surface area contributed by atoms with Crippen molar-refractivity contribution in [2.75, 3.05) is 13.7 Å². The predicted molar refractivity (Wildman–Crippen MR) is 128 cm³/mol. The number of carboxylic acid groups (broad SMARTS) is 1. The van der Waals surface area contributed by atoms with Gasteiger partial charge in [-0.05, 0) is 37.2 Å². The van der Waals surface area contributed by atoms with Crippen LogP contribution in [0.3, 0.4) is 0 Å². The quantitative estimate of drug-likeness (QED) is 0.356. The van der Waals surface area contributed by atoms with Crippen LogP contribution in [-0.2, 0) is 30.3 Å². The minimum absolute atomic E-state index is 0.0491. The first-order valence-corrected chi connectivity index (χ1v) is 12.3. The van der Waals surface area contributed by atoms with Crippen molar-refractivity contribution in [2.24, 2.45) is 11.8 Å². The Balaban J connectivity index is 1.99. The molecule has 1 fully saturated rings. The van der Waals surface area contributed by atoms with Crippen LogP contribution < -0.4 is 10.6 Å². The van der Waals surface area contributed by atoms with Crippen molar-refractivity contribution in [1.82, 2.24) is 10.6 Å². The standard InChI is InChI=1S/C26H38N2O6/c1-34-24(31)15-16-27-26(33)22(17-20-11-6-3-7-12-20)28-25(32)21(18-23(29)30)14-8-13-19-9-4-2-5-10-19/h2,4-5,9-10,20-22H,3,6-8,11-18H2,1H3,(H,27,33)(H,28,32)(H,29,30)/t21-,22+/m1/s1. The van der Waals surface area contributed by atoms with E-state index in [1.54, 1.807) is 0 Å². The third kappa shape index (κ3) is 10.4. The monoisotopic (exact) mass is 474 g/mol. The Hall–Kier alpha value is -2.90. The van der Waals surface area contributed by atoms with Crippen molar-refractivity contribution in [2.45, 2.75) is 76.7 Å². The molecule has 0 aliphatic heterocycles. The largest absolute Gasteiger partial charge is 0.481 e. The molecule has 1 aromatic carbocycles. The van der Waals surface area contributed by atoms with Gasteiger partial charge in [-0.1, -0.05) is 62.4 Å². The van der Waals surface area contributed by atoms with E-state index in [0.29, 0.717) is 25.2 Å². The Labute approximate surface area is 201 Å². The minimum atomic E-state index is -1.04. The van der Waals surface area contributed by atoms with Gasteiger partial charge in [0.2, 0.25) is 11.8 Å². The molecule has 8 heteroatoms. The summed E-state index contributed by atoms with van der Waals surface area (Å²) in [5.74, 6) is -2.58. The summed E-state index contributed by atoms with van der Waals surface area (Å²) < 4.78 is 4.60. The highest BCUT2D eigenvalue weighted by molar-refractivity contribution is 5.90. The zero-order valence-corrected chi connectivity index (χ0v) is 20.1. The van der Waals surface area contributed by atoms with Gasteiger partial charge < -0.3 is 20.5 Å². The topological polar surface area (TPSA) is 122 Å². The summed E-state index contributed by atoms with van der Waals surface area (Å²) in [5.41, 5.74) is 1.14. The number of ether oxygens (including phenoxy) is 1. The molecule has 8 nitrogen and oxygen atoms in total. The molecule has 0 heterocycles. The van der Waals surface area contributed by atoms with Crippen LogP contribution >= 0.6 is 0 Å². The van der Waals surface area contributed by atoms with Crippen molar-refractivity contribution >= 4 is 23.8 Å². The summed E-state index contributed by atoms with van der Waals surface area (Å²) in [6.07, 6.45) is 7.56. The highest BCUT2D eigenvalue weighted by atomic mass is 16.5. The molecule has 2 amide bonds. The van der Waals surface area contributed by atoms with Crippen LogP contribution in [0.4, 0.5) is 0 Å². The average molecular weight is 475 g/mol. The summed E-state index contributed by atoms with van der Waals surface area (Å²) in [7, 11) is 1.29. The number of esters is 1. The molecule has 34 heavy (non-hydrogen) atoms. The molecule has 0 saturated heterocycles. The third-order valence-electron chi connectivity index (χ3n) is 6.44. The Morgan fingerprint density at radius 2 is 1.76 bits per heavy atom. The number of carbonyl (C=O) groups excluding carboxylic acids is 3. The maximum absolute atomic E-state index is 13.1. The number of benzene rings is 1. The van der Waals surface area contributed by atoms with Crippen molar-refractivity contribution in [3.63, 3.8) is 0 Å². The summed E-state index contributed by atoms with van der Waals surface area (Å²) in [5, 5.41) is 14.9. The highest BCUT2D eigenvalue weighted by Crippen LogP contribution is 2.27. The zero-order chi connectivity index (χ0) is 24.8. The number of amides is 2. The van der Waals surface area contributed by atoms with Gasteiger partial charge in [0.05, 0.1) is 20.0 Å². The van der Waals surface area contributed by atoms with Gasteiger partial charge >= 0.3 is 11.9 Å². The Kier molecular flexibility index (Phi) is 12.1. The molecule has 3 N–H and O–H groups in total. The lowest BCUT2D eigenvalue weighted by atomic mass is 9.84. The minimum Gasteiger partial charge on any atom is -0.481 e. The number of nitrogens with one attached hydrogen (secondary N) is 2. The van der Waals surface area contributed by atoms with Gasteiger partial charge in [-0.2, -0.15) is 0 Å². The fourth-order valence-electron chi connectivity index (χ4n) is 4.52. The maximum atomic E-state index is 13.1. The zero-order valence-electron chi connectivity index (χ0n) is 20.1. The van der Waals surface area contributed by atoms with Crippen molar-refractivity contribution in [1.29, 1.82) is 0 Å². The summed E-state index contributed by atoms with van der Waals surface area (Å²) in [6, 6.07) is 9.10. The fraction of sp³-hybridized carbons (Fsp3) is 0.615. The van der Waals surface area contributed by atoms with Crippen LogP contribution in [0.5, 0.6) is 0 Å². The van der Waals surface area contributed by atoms with E-state index in [4.69, 9.17) is 0 Å². The lowest BCUT2D eigenvalue weighted by molar-refractivity contribution is -0.141. The first-order valence-electron chi connectivity index (χ1n) is 12.3. The average Bonchev–Trinajstić information content (AvgIpc) is 2.83. The van der Waals surface area contributed by atoms with E-state index in [0.717, 1.165) is 37.7 Å². The molecule has 1 saturated carbocycles. The molecular weight excluding hydrogens is 436 g/mol. The van der Waals surface area contributed by atoms with Gasteiger partial charge in [-0.15, -0.1) is 0 Å². The Morgan fingerprint density at radius 1 is 1.06 bits per heavy atom. The van der Waals surface area contributed by atoms with E-state index in [1.807, 2.05) is 30.3 Å². The van der Waals surface area contributed by atoms with E-state index >= 15 is 0 Å². The van der Waals surface area contributed by atoms with Crippen LogP contribution in [-0.4, -0.2) is 48.6 Å². The van der Waals surface area contributed by atoms with Crippen molar-refractivity contribution in [3.8, 4) is 0 Å². The molecular formula is C26H38N2O6. The first-order chi connectivity index (χ1) is 16.4. The molecule has 188 valence electrons. The number of aryl methyl sites for hydroxylation is 1. The van der Waals surface area contributed by atoms with Crippen LogP contribution in [0.1, 0.15) is 69.8 Å². The lowest BCUT2D eigenvalue weighted by Gasteiger charge is -2.27. The van der Waals surface area contributed by atoms with Crippen molar-refractivity contribution in [3.05, 3.63) is 35.9 Å². The molecule has 0 radical (unpaired) electrons. The van der Waals surface area contributed by atoms with Crippen molar-refractivity contribution < 1.29 is 29.0 Å². The molecule has 2 rings (SSSR count). The number of methoxy groups -OCH3 is 1. The SMILES string of the molecule is COC(=O)CCNC(=O)[C@H](CC1CCCCC1)NC(=O)[C@H](CCCc1ccccc1)CC(=O)O.